The Labute approximate surface area is 138 Å². The second-order valence-electron chi connectivity index (χ2n) is 7.16. The van der Waals surface area contributed by atoms with Gasteiger partial charge in [-0.3, -0.25) is 0 Å². The van der Waals surface area contributed by atoms with Crippen LogP contribution in [0, 0.1) is 12.8 Å². The van der Waals surface area contributed by atoms with Crippen LogP contribution >= 0.6 is 0 Å². The van der Waals surface area contributed by atoms with Crippen LogP contribution in [-0.4, -0.2) is 36.3 Å². The second-order valence-corrected chi connectivity index (χ2v) is 7.16. The highest BCUT2D eigenvalue weighted by molar-refractivity contribution is 5.67. The van der Waals surface area contributed by atoms with Crippen molar-refractivity contribution in [2.24, 2.45) is 5.92 Å². The number of pyridine rings is 1. The molecular weight excluding hydrogens is 292 g/mol. The molecule has 1 aromatic heterocycles. The molecule has 6 heteroatoms. The molecule has 23 heavy (non-hydrogen) atoms. The third-order valence-electron chi connectivity index (χ3n) is 3.98. The minimum atomic E-state index is -0.452. The van der Waals surface area contributed by atoms with Crippen molar-refractivity contribution < 1.29 is 9.53 Å². The fourth-order valence-corrected chi connectivity index (χ4v) is 2.64. The molecular formula is C17H28N4O2. The van der Waals surface area contributed by atoms with E-state index in [1.165, 1.54) is 0 Å². The van der Waals surface area contributed by atoms with Gasteiger partial charge < -0.3 is 20.7 Å². The summed E-state index contributed by atoms with van der Waals surface area (Å²) in [6.07, 6.45) is 1.72. The molecule has 0 spiro atoms. The third kappa shape index (κ3) is 5.30. The Balaban J connectivity index is 1.77. The SMILES string of the molecule is Cc1nc(N2CCC(CNC(=O)OC(C)(C)C)CC2)ccc1N. The Morgan fingerprint density at radius 1 is 1.39 bits per heavy atom. The zero-order chi connectivity index (χ0) is 17.0. The van der Waals surface area contributed by atoms with Gasteiger partial charge in [-0.25, -0.2) is 9.78 Å². The van der Waals surface area contributed by atoms with E-state index in [2.05, 4.69) is 15.2 Å². The monoisotopic (exact) mass is 320 g/mol. The fraction of sp³-hybridized carbons (Fsp3) is 0.647. The van der Waals surface area contributed by atoms with Crippen LogP contribution in [0.25, 0.3) is 0 Å². The minimum Gasteiger partial charge on any atom is -0.444 e. The summed E-state index contributed by atoms with van der Waals surface area (Å²) in [4.78, 5) is 18.5. The van der Waals surface area contributed by atoms with Crippen LogP contribution in [0.15, 0.2) is 12.1 Å². The smallest absolute Gasteiger partial charge is 0.407 e. The molecule has 1 aromatic rings. The molecule has 6 nitrogen and oxygen atoms in total. The maximum atomic E-state index is 11.7. The molecule has 1 aliphatic rings. The lowest BCUT2D eigenvalue weighted by Crippen LogP contribution is -2.40. The molecule has 1 fully saturated rings. The van der Waals surface area contributed by atoms with E-state index in [9.17, 15) is 4.79 Å². The quantitative estimate of drug-likeness (QED) is 0.895. The van der Waals surface area contributed by atoms with Crippen molar-refractivity contribution >= 4 is 17.6 Å². The number of aromatic nitrogens is 1. The number of hydrogen-bond donors (Lipinski definition) is 2. The van der Waals surface area contributed by atoms with Gasteiger partial charge in [-0.15, -0.1) is 0 Å². The minimum absolute atomic E-state index is 0.337. The summed E-state index contributed by atoms with van der Waals surface area (Å²) >= 11 is 0. The molecule has 0 aromatic carbocycles. The van der Waals surface area contributed by atoms with E-state index < -0.39 is 5.60 Å². The molecule has 3 N–H and O–H groups in total. The molecule has 0 radical (unpaired) electrons. The molecule has 0 saturated carbocycles. The van der Waals surface area contributed by atoms with Crippen molar-refractivity contribution in [3.63, 3.8) is 0 Å². The number of nitrogens with zero attached hydrogens (tertiary/aromatic N) is 2. The average Bonchev–Trinajstić information content (AvgIpc) is 2.47. The molecule has 0 unspecified atom stereocenters. The van der Waals surface area contributed by atoms with Crippen LogP contribution in [0.1, 0.15) is 39.3 Å². The molecule has 1 amide bonds. The van der Waals surface area contributed by atoms with Gasteiger partial charge in [0.1, 0.15) is 11.4 Å². The first-order valence-electron chi connectivity index (χ1n) is 8.19. The zero-order valence-corrected chi connectivity index (χ0v) is 14.6. The Morgan fingerprint density at radius 3 is 2.61 bits per heavy atom. The fourth-order valence-electron chi connectivity index (χ4n) is 2.64. The predicted octanol–water partition coefficient (Wildman–Crippen LogP) is 2.71. The number of aryl methyl sites for hydroxylation is 1. The number of ether oxygens (including phenoxy) is 1. The number of alkyl carbamates (subject to hydrolysis) is 1. The van der Waals surface area contributed by atoms with Gasteiger partial charge >= 0.3 is 6.09 Å². The number of nitrogen functional groups attached to an aromatic ring is 1. The van der Waals surface area contributed by atoms with E-state index in [-0.39, 0.29) is 6.09 Å². The predicted molar refractivity (Wildman–Crippen MR) is 92.6 cm³/mol. The highest BCUT2D eigenvalue weighted by Gasteiger charge is 2.22. The van der Waals surface area contributed by atoms with Gasteiger partial charge in [-0.2, -0.15) is 0 Å². The van der Waals surface area contributed by atoms with Gasteiger partial charge in [0.15, 0.2) is 0 Å². The summed E-state index contributed by atoms with van der Waals surface area (Å²) in [6, 6.07) is 3.88. The van der Waals surface area contributed by atoms with Crippen LogP contribution in [0.4, 0.5) is 16.3 Å². The Kier molecular flexibility index (Phi) is 5.34. The van der Waals surface area contributed by atoms with Crippen molar-refractivity contribution in [2.45, 2.75) is 46.1 Å². The van der Waals surface area contributed by atoms with Crippen molar-refractivity contribution in [1.82, 2.24) is 10.3 Å². The van der Waals surface area contributed by atoms with Crippen molar-refractivity contribution in [3.8, 4) is 0 Å². The highest BCUT2D eigenvalue weighted by Crippen LogP contribution is 2.23. The number of nitrogens with one attached hydrogen (secondary N) is 1. The number of anilines is 2. The lowest BCUT2D eigenvalue weighted by atomic mass is 9.97. The van der Waals surface area contributed by atoms with E-state index in [1.54, 1.807) is 0 Å². The second kappa shape index (κ2) is 7.06. The summed E-state index contributed by atoms with van der Waals surface area (Å²) in [5.41, 5.74) is 6.97. The van der Waals surface area contributed by atoms with Crippen LogP contribution in [0.3, 0.4) is 0 Å². The number of nitrogens with two attached hydrogens (primary N) is 1. The van der Waals surface area contributed by atoms with Gasteiger partial charge in [0.05, 0.1) is 11.4 Å². The average molecular weight is 320 g/mol. The van der Waals surface area contributed by atoms with E-state index in [0.717, 1.165) is 43.1 Å². The van der Waals surface area contributed by atoms with Gasteiger partial charge in [0.25, 0.3) is 0 Å². The Bertz CT molecular complexity index is 546. The maximum absolute atomic E-state index is 11.7. The Morgan fingerprint density at radius 2 is 2.04 bits per heavy atom. The first-order chi connectivity index (χ1) is 10.7. The molecule has 128 valence electrons. The summed E-state index contributed by atoms with van der Waals surface area (Å²) in [7, 11) is 0. The standard InChI is InChI=1S/C17H28N4O2/c1-12-14(18)5-6-15(20-12)21-9-7-13(8-10-21)11-19-16(22)23-17(2,3)4/h5-6,13H,7-11,18H2,1-4H3,(H,19,22). The first-order valence-corrected chi connectivity index (χ1v) is 8.19. The van der Waals surface area contributed by atoms with Crippen LogP contribution in [-0.2, 0) is 4.74 Å². The zero-order valence-electron chi connectivity index (χ0n) is 14.6. The summed E-state index contributed by atoms with van der Waals surface area (Å²) in [5.74, 6) is 1.46. The molecule has 1 saturated heterocycles. The van der Waals surface area contributed by atoms with Crippen molar-refractivity contribution in [3.05, 3.63) is 17.8 Å². The van der Waals surface area contributed by atoms with Gasteiger partial charge in [0.2, 0.25) is 0 Å². The molecule has 0 atom stereocenters. The third-order valence-corrected chi connectivity index (χ3v) is 3.98. The molecule has 0 aliphatic carbocycles. The lowest BCUT2D eigenvalue weighted by Gasteiger charge is -2.33. The van der Waals surface area contributed by atoms with Gasteiger partial charge in [-0.1, -0.05) is 0 Å². The molecule has 2 rings (SSSR count). The molecule has 0 bridgehead atoms. The number of piperidine rings is 1. The molecule has 2 heterocycles. The van der Waals surface area contributed by atoms with E-state index in [4.69, 9.17) is 10.5 Å². The number of carbonyl (C=O) groups is 1. The summed E-state index contributed by atoms with van der Waals surface area (Å²) in [6.45, 7) is 10.1. The van der Waals surface area contributed by atoms with E-state index in [1.807, 2.05) is 39.8 Å². The van der Waals surface area contributed by atoms with Crippen molar-refractivity contribution in [1.29, 1.82) is 0 Å². The number of hydrogen-bond acceptors (Lipinski definition) is 5. The number of amides is 1. The summed E-state index contributed by atoms with van der Waals surface area (Å²) < 4.78 is 5.26. The largest absolute Gasteiger partial charge is 0.444 e. The van der Waals surface area contributed by atoms with Gasteiger partial charge in [0, 0.05) is 19.6 Å². The summed E-state index contributed by atoms with van der Waals surface area (Å²) in [5, 5.41) is 2.87. The number of rotatable bonds is 3. The molecule has 1 aliphatic heterocycles. The Hall–Kier alpha value is -1.98. The topological polar surface area (TPSA) is 80.5 Å². The number of carbonyl (C=O) groups excluding carboxylic acids is 1. The van der Waals surface area contributed by atoms with E-state index in [0.29, 0.717) is 12.5 Å². The lowest BCUT2D eigenvalue weighted by molar-refractivity contribution is 0.0517. The van der Waals surface area contributed by atoms with Crippen LogP contribution in [0.5, 0.6) is 0 Å². The van der Waals surface area contributed by atoms with Crippen LogP contribution in [0.2, 0.25) is 0 Å². The van der Waals surface area contributed by atoms with Crippen LogP contribution < -0.4 is 16.0 Å². The maximum Gasteiger partial charge on any atom is 0.407 e. The first kappa shape index (κ1) is 17.4. The highest BCUT2D eigenvalue weighted by atomic mass is 16.6. The van der Waals surface area contributed by atoms with Gasteiger partial charge in [-0.05, 0) is 58.6 Å². The van der Waals surface area contributed by atoms with E-state index >= 15 is 0 Å². The normalized spacial score (nSPS) is 16.3. The van der Waals surface area contributed by atoms with Crippen molar-refractivity contribution in [2.75, 3.05) is 30.3 Å².